The molecule has 0 aliphatic carbocycles. The first-order chi connectivity index (χ1) is 8.97. The van der Waals surface area contributed by atoms with E-state index in [1.54, 1.807) is 12.1 Å². The highest BCUT2D eigenvalue weighted by atomic mass is 35.5. The number of benzene rings is 1. The molecule has 0 N–H and O–H groups in total. The number of hydrogen-bond donors (Lipinski definition) is 0. The third-order valence-electron chi connectivity index (χ3n) is 2.69. The molecule has 19 heavy (non-hydrogen) atoms. The van der Waals surface area contributed by atoms with E-state index in [-0.39, 0.29) is 5.69 Å². The number of rotatable bonds is 2. The molecule has 1 aromatic rings. The second-order valence-electron chi connectivity index (χ2n) is 4.02. The minimum absolute atomic E-state index is 0.180. The molecule has 104 valence electrons. The van der Waals surface area contributed by atoms with E-state index >= 15 is 0 Å². The van der Waals surface area contributed by atoms with Crippen LogP contribution in [0.1, 0.15) is 0 Å². The van der Waals surface area contributed by atoms with Gasteiger partial charge < -0.3 is 9.64 Å². The maximum Gasteiger partial charge on any atom is 0.444 e. The summed E-state index contributed by atoms with van der Waals surface area (Å²) in [5, 5.41) is -1.37. The van der Waals surface area contributed by atoms with Crippen molar-refractivity contribution in [2.75, 3.05) is 31.2 Å². The third-order valence-corrected chi connectivity index (χ3v) is 2.99. The van der Waals surface area contributed by atoms with Gasteiger partial charge in [-0.1, -0.05) is 11.6 Å². The fourth-order valence-corrected chi connectivity index (χ4v) is 1.83. The van der Waals surface area contributed by atoms with Gasteiger partial charge in [0.15, 0.2) is 0 Å². The monoisotopic (exact) mass is 292 g/mol. The number of ether oxygens (including phenoxy) is 1. The van der Waals surface area contributed by atoms with Gasteiger partial charge in [-0.3, -0.25) is 0 Å². The highest BCUT2D eigenvalue weighted by Crippen LogP contribution is 2.25. The molecule has 0 bridgehead atoms. The van der Waals surface area contributed by atoms with Crippen LogP contribution in [0, 0.1) is 0 Å². The lowest BCUT2D eigenvalue weighted by atomic mass is 10.2. The quantitative estimate of drug-likeness (QED) is 0.781. The van der Waals surface area contributed by atoms with Gasteiger partial charge in [0.05, 0.1) is 18.9 Å². The Morgan fingerprint density at radius 2 is 1.74 bits per heavy atom. The summed E-state index contributed by atoms with van der Waals surface area (Å²) in [6, 6.07) is 6.48. The summed E-state index contributed by atoms with van der Waals surface area (Å²) in [4.78, 5) is 5.43. The molecule has 2 rings (SSSR count). The molecule has 0 atom stereocenters. The molecular weight excluding hydrogens is 281 g/mol. The zero-order chi connectivity index (χ0) is 13.9. The SMILES string of the molecule is FC(F)(F)C(Cl)=Nc1ccc(N2CCOCC2)cc1. The minimum atomic E-state index is -4.61. The van der Waals surface area contributed by atoms with Gasteiger partial charge in [0.2, 0.25) is 5.17 Å². The second-order valence-corrected chi connectivity index (χ2v) is 4.37. The lowest BCUT2D eigenvalue weighted by Gasteiger charge is -2.28. The first kappa shape index (κ1) is 14.1. The van der Waals surface area contributed by atoms with Crippen LogP contribution in [0.3, 0.4) is 0 Å². The van der Waals surface area contributed by atoms with Crippen molar-refractivity contribution in [1.82, 2.24) is 0 Å². The summed E-state index contributed by atoms with van der Waals surface area (Å²) in [7, 11) is 0. The molecule has 0 unspecified atom stereocenters. The van der Waals surface area contributed by atoms with Crippen LogP contribution < -0.4 is 4.90 Å². The normalized spacial score (nSPS) is 17.7. The van der Waals surface area contributed by atoms with Crippen molar-refractivity contribution >= 4 is 28.1 Å². The highest BCUT2D eigenvalue weighted by molar-refractivity contribution is 6.67. The largest absolute Gasteiger partial charge is 0.444 e. The number of aliphatic imine (C=N–C) groups is 1. The van der Waals surface area contributed by atoms with Crippen LogP contribution in [-0.4, -0.2) is 37.7 Å². The third kappa shape index (κ3) is 3.84. The van der Waals surface area contributed by atoms with Gasteiger partial charge in [-0.2, -0.15) is 13.2 Å². The summed E-state index contributed by atoms with van der Waals surface area (Å²) in [5.74, 6) is 0. The van der Waals surface area contributed by atoms with Crippen molar-refractivity contribution < 1.29 is 17.9 Å². The molecule has 0 aromatic heterocycles. The molecule has 0 radical (unpaired) electrons. The van der Waals surface area contributed by atoms with Gasteiger partial charge in [0.25, 0.3) is 0 Å². The van der Waals surface area contributed by atoms with Crippen molar-refractivity contribution in [2.45, 2.75) is 6.18 Å². The van der Waals surface area contributed by atoms with E-state index in [0.717, 1.165) is 18.8 Å². The predicted octanol–water partition coefficient (Wildman–Crippen LogP) is 3.35. The fourth-order valence-electron chi connectivity index (χ4n) is 1.74. The van der Waals surface area contributed by atoms with E-state index in [4.69, 9.17) is 16.3 Å². The molecular formula is C12H12ClF3N2O. The number of anilines is 1. The van der Waals surface area contributed by atoms with Crippen LogP contribution in [0.2, 0.25) is 0 Å². The average Bonchev–Trinajstić information content (AvgIpc) is 2.39. The summed E-state index contributed by atoms with van der Waals surface area (Å²) in [6.45, 7) is 2.84. The van der Waals surface area contributed by atoms with Crippen LogP contribution in [0.5, 0.6) is 0 Å². The molecule has 1 fully saturated rings. The summed E-state index contributed by atoms with van der Waals surface area (Å²) in [6.07, 6.45) is -4.61. The van der Waals surface area contributed by atoms with Gasteiger partial charge >= 0.3 is 6.18 Å². The Morgan fingerprint density at radius 3 is 2.26 bits per heavy atom. The van der Waals surface area contributed by atoms with Gasteiger partial charge in [-0.25, -0.2) is 4.99 Å². The Bertz CT molecular complexity index is 453. The highest BCUT2D eigenvalue weighted by Gasteiger charge is 2.34. The van der Waals surface area contributed by atoms with Crippen molar-refractivity contribution in [3.63, 3.8) is 0 Å². The Balaban J connectivity index is 2.10. The molecule has 1 aliphatic rings. The molecule has 0 saturated carbocycles. The molecule has 1 saturated heterocycles. The summed E-state index contributed by atoms with van der Waals surface area (Å²) < 4.78 is 41.9. The average molecular weight is 293 g/mol. The first-order valence-electron chi connectivity index (χ1n) is 5.71. The smallest absolute Gasteiger partial charge is 0.378 e. The summed E-state index contributed by atoms with van der Waals surface area (Å²) in [5.41, 5.74) is 1.12. The van der Waals surface area contributed by atoms with Crippen LogP contribution in [0.15, 0.2) is 29.3 Å². The minimum Gasteiger partial charge on any atom is -0.378 e. The van der Waals surface area contributed by atoms with Crippen molar-refractivity contribution in [2.24, 2.45) is 4.99 Å². The molecule has 7 heteroatoms. The zero-order valence-electron chi connectivity index (χ0n) is 9.95. The van der Waals surface area contributed by atoms with E-state index in [9.17, 15) is 13.2 Å². The molecule has 1 aromatic carbocycles. The fraction of sp³-hybridized carbons (Fsp3) is 0.417. The molecule has 0 amide bonds. The Hall–Kier alpha value is -1.27. The second kappa shape index (κ2) is 5.79. The van der Waals surface area contributed by atoms with E-state index in [2.05, 4.69) is 9.89 Å². The molecule has 1 heterocycles. The number of halogens is 4. The standard InChI is InChI=1S/C12H12ClF3N2O/c13-11(12(14,15)16)17-9-1-3-10(4-2-9)18-5-7-19-8-6-18/h1-4H,5-8H2. The lowest BCUT2D eigenvalue weighted by molar-refractivity contribution is -0.0558. The topological polar surface area (TPSA) is 24.8 Å². The summed E-state index contributed by atoms with van der Waals surface area (Å²) >= 11 is 5.08. The zero-order valence-corrected chi connectivity index (χ0v) is 10.7. The van der Waals surface area contributed by atoms with Crippen LogP contribution >= 0.6 is 11.6 Å². The van der Waals surface area contributed by atoms with Gasteiger partial charge in [-0.15, -0.1) is 0 Å². The maximum absolute atomic E-state index is 12.2. The van der Waals surface area contributed by atoms with Gasteiger partial charge in [0.1, 0.15) is 0 Å². The van der Waals surface area contributed by atoms with Crippen LogP contribution in [0.25, 0.3) is 0 Å². The molecule has 3 nitrogen and oxygen atoms in total. The van der Waals surface area contributed by atoms with Gasteiger partial charge in [0, 0.05) is 18.8 Å². The Kier molecular flexibility index (Phi) is 4.31. The van der Waals surface area contributed by atoms with Crippen LogP contribution in [0.4, 0.5) is 24.5 Å². The number of morpholine rings is 1. The molecule has 0 spiro atoms. The number of nitrogens with zero attached hydrogens (tertiary/aromatic N) is 2. The lowest BCUT2D eigenvalue weighted by Crippen LogP contribution is -2.36. The number of alkyl halides is 3. The van der Waals surface area contributed by atoms with Gasteiger partial charge in [-0.05, 0) is 24.3 Å². The Labute approximate surface area is 113 Å². The Morgan fingerprint density at radius 1 is 1.16 bits per heavy atom. The molecule has 1 aliphatic heterocycles. The van der Waals surface area contributed by atoms with Crippen molar-refractivity contribution in [3.05, 3.63) is 24.3 Å². The van der Waals surface area contributed by atoms with E-state index in [1.165, 1.54) is 12.1 Å². The van der Waals surface area contributed by atoms with E-state index < -0.39 is 11.3 Å². The van der Waals surface area contributed by atoms with Crippen molar-refractivity contribution in [1.29, 1.82) is 0 Å². The van der Waals surface area contributed by atoms with Crippen LogP contribution in [-0.2, 0) is 4.74 Å². The number of hydrogen-bond acceptors (Lipinski definition) is 3. The maximum atomic E-state index is 12.2. The van der Waals surface area contributed by atoms with E-state index in [1.807, 2.05) is 0 Å². The van der Waals surface area contributed by atoms with Crippen molar-refractivity contribution in [3.8, 4) is 0 Å². The first-order valence-corrected chi connectivity index (χ1v) is 6.09. The van der Waals surface area contributed by atoms with E-state index in [0.29, 0.717) is 13.2 Å². The predicted molar refractivity (Wildman–Crippen MR) is 68.5 cm³/mol.